The summed E-state index contributed by atoms with van der Waals surface area (Å²) in [5.74, 6) is 0. The summed E-state index contributed by atoms with van der Waals surface area (Å²) in [7, 11) is 0. The van der Waals surface area contributed by atoms with Crippen LogP contribution in [-0.2, 0) is 0 Å². The molecule has 0 radical (unpaired) electrons. The highest BCUT2D eigenvalue weighted by Crippen LogP contribution is 2.39. The minimum atomic E-state index is 0.593. The molecular weight excluding hydrogens is 671 g/mol. The second kappa shape index (κ2) is 11.8. The third kappa shape index (κ3) is 4.45. The molecular formula is C50H29N5. The van der Waals surface area contributed by atoms with Crippen LogP contribution in [0.5, 0.6) is 0 Å². The van der Waals surface area contributed by atoms with Crippen LogP contribution in [0.15, 0.2) is 176 Å². The van der Waals surface area contributed by atoms with E-state index in [1.165, 1.54) is 32.6 Å². The molecule has 8 aromatic carbocycles. The fraction of sp³-hybridized carbons (Fsp3) is 0. The maximum atomic E-state index is 10.4. The minimum Gasteiger partial charge on any atom is -0.309 e. The zero-order chi connectivity index (χ0) is 36.6. The van der Waals surface area contributed by atoms with E-state index in [2.05, 4.69) is 165 Å². The molecule has 0 bridgehead atoms. The molecule has 0 saturated heterocycles. The molecule has 11 aromatic rings. The average Bonchev–Trinajstić information content (AvgIpc) is 3.89. The first-order chi connectivity index (χ1) is 27.2. The normalized spacial score (nSPS) is 11.6. The number of nitrogens with zero attached hydrogens (tertiary/aromatic N) is 5. The summed E-state index contributed by atoms with van der Waals surface area (Å²) >= 11 is 0. The molecule has 3 heterocycles. The van der Waals surface area contributed by atoms with Crippen molar-refractivity contribution >= 4 is 65.4 Å². The van der Waals surface area contributed by atoms with Crippen molar-refractivity contribution in [3.8, 4) is 40.3 Å². The third-order valence-corrected chi connectivity index (χ3v) is 11.1. The van der Waals surface area contributed by atoms with Crippen LogP contribution in [0, 0.1) is 22.7 Å². The van der Waals surface area contributed by atoms with Gasteiger partial charge in [0.25, 0.3) is 0 Å². The SMILES string of the molecule is N#Cc1ccc(-n2c3ccccc3c3c(C#N)cccc32)cc1-c1cccc(-n2c3ccccc3c3ccc(-n4c5ccccc5c5ccccc54)cc32)c1. The van der Waals surface area contributed by atoms with Crippen LogP contribution < -0.4 is 0 Å². The molecule has 5 heteroatoms. The topological polar surface area (TPSA) is 62.4 Å². The third-order valence-electron chi connectivity index (χ3n) is 11.1. The Bertz CT molecular complexity index is 3420. The van der Waals surface area contributed by atoms with Gasteiger partial charge in [-0.1, -0.05) is 97.1 Å². The molecule has 0 N–H and O–H groups in total. The molecule has 0 aliphatic carbocycles. The first kappa shape index (κ1) is 30.7. The van der Waals surface area contributed by atoms with Crippen LogP contribution in [0.4, 0.5) is 0 Å². The number of nitriles is 2. The number of fused-ring (bicyclic) bond motifs is 9. The van der Waals surface area contributed by atoms with Gasteiger partial charge in [0.1, 0.15) is 0 Å². The lowest BCUT2D eigenvalue weighted by Crippen LogP contribution is -1.98. The highest BCUT2D eigenvalue weighted by molar-refractivity contribution is 6.13. The van der Waals surface area contributed by atoms with Crippen LogP contribution in [0.2, 0.25) is 0 Å². The van der Waals surface area contributed by atoms with Gasteiger partial charge in [0.15, 0.2) is 0 Å². The maximum absolute atomic E-state index is 10.4. The predicted molar refractivity (Wildman–Crippen MR) is 224 cm³/mol. The highest BCUT2D eigenvalue weighted by atomic mass is 15.0. The zero-order valence-electron chi connectivity index (χ0n) is 29.5. The molecule has 0 fully saturated rings. The van der Waals surface area contributed by atoms with Gasteiger partial charge < -0.3 is 13.7 Å². The quantitative estimate of drug-likeness (QED) is 0.184. The van der Waals surface area contributed by atoms with E-state index in [9.17, 15) is 10.5 Å². The fourth-order valence-corrected chi connectivity index (χ4v) is 8.79. The van der Waals surface area contributed by atoms with Crippen molar-refractivity contribution in [2.45, 2.75) is 0 Å². The van der Waals surface area contributed by atoms with Crippen molar-refractivity contribution in [1.82, 2.24) is 13.7 Å². The summed E-state index contributed by atoms with van der Waals surface area (Å²) in [6.07, 6.45) is 0. The lowest BCUT2D eigenvalue weighted by atomic mass is 9.99. The Kier molecular flexibility index (Phi) is 6.61. The summed E-state index contributed by atoms with van der Waals surface area (Å²) < 4.78 is 6.91. The Morgan fingerprint density at radius 3 is 1.45 bits per heavy atom. The molecule has 3 aromatic heterocycles. The molecule has 55 heavy (non-hydrogen) atoms. The van der Waals surface area contributed by atoms with Gasteiger partial charge in [-0.3, -0.25) is 0 Å². The summed E-state index contributed by atoms with van der Waals surface area (Å²) in [6, 6.07) is 66.0. The fourth-order valence-electron chi connectivity index (χ4n) is 8.79. The Labute approximate surface area is 316 Å². The Balaban J connectivity index is 1.13. The van der Waals surface area contributed by atoms with E-state index >= 15 is 0 Å². The van der Waals surface area contributed by atoms with Gasteiger partial charge in [0.2, 0.25) is 0 Å². The smallest absolute Gasteiger partial charge is 0.0998 e. The molecule has 254 valence electrons. The van der Waals surface area contributed by atoms with Gasteiger partial charge in [-0.05, 0) is 84.4 Å². The van der Waals surface area contributed by atoms with Crippen LogP contribution in [-0.4, -0.2) is 13.7 Å². The average molecular weight is 700 g/mol. The van der Waals surface area contributed by atoms with Crippen molar-refractivity contribution in [3.05, 3.63) is 187 Å². The van der Waals surface area contributed by atoms with E-state index in [-0.39, 0.29) is 0 Å². The summed E-state index contributed by atoms with van der Waals surface area (Å²) in [5.41, 5.74) is 12.6. The first-order valence-corrected chi connectivity index (χ1v) is 18.3. The first-order valence-electron chi connectivity index (χ1n) is 18.3. The number of benzene rings is 8. The van der Waals surface area contributed by atoms with Crippen molar-refractivity contribution in [2.75, 3.05) is 0 Å². The molecule has 0 aliphatic rings. The van der Waals surface area contributed by atoms with Gasteiger partial charge >= 0.3 is 0 Å². The second-order valence-electron chi connectivity index (χ2n) is 14.0. The van der Waals surface area contributed by atoms with Crippen LogP contribution in [0.25, 0.3) is 93.6 Å². The molecule has 5 nitrogen and oxygen atoms in total. The standard InChI is InChI=1S/C50H29N5/c51-30-33-23-24-36(54-47-21-8-4-17-42(47)50-34(31-52)12-10-22-48(50)54)28-43(33)32-11-9-13-35(27-32)55-46-20-7-3-16-40(46)41-26-25-37(29-49(41)55)53-44-18-5-1-14-38(44)39-15-2-6-19-45(39)53/h1-29H. The van der Waals surface area contributed by atoms with Gasteiger partial charge in [0, 0.05) is 54.9 Å². The molecule has 0 spiro atoms. The van der Waals surface area contributed by atoms with E-state index in [1.54, 1.807) is 0 Å². The van der Waals surface area contributed by atoms with E-state index in [1.807, 2.05) is 36.4 Å². The summed E-state index contributed by atoms with van der Waals surface area (Å²) in [6.45, 7) is 0. The molecule has 11 rings (SSSR count). The summed E-state index contributed by atoms with van der Waals surface area (Å²) in [5, 5.41) is 27.2. The molecule has 0 saturated carbocycles. The Morgan fingerprint density at radius 1 is 0.327 bits per heavy atom. The van der Waals surface area contributed by atoms with Crippen LogP contribution in [0.3, 0.4) is 0 Å². The molecule has 0 aliphatic heterocycles. The predicted octanol–water partition coefficient (Wildman–Crippen LogP) is 12.4. The van der Waals surface area contributed by atoms with Crippen LogP contribution in [0.1, 0.15) is 11.1 Å². The molecule has 0 atom stereocenters. The molecule has 0 amide bonds. The van der Waals surface area contributed by atoms with Crippen molar-refractivity contribution < 1.29 is 0 Å². The number of hydrogen-bond acceptors (Lipinski definition) is 2. The van der Waals surface area contributed by atoms with Gasteiger partial charge in [-0.2, -0.15) is 10.5 Å². The largest absolute Gasteiger partial charge is 0.309 e. The number of rotatable bonds is 4. The minimum absolute atomic E-state index is 0.593. The van der Waals surface area contributed by atoms with Crippen LogP contribution >= 0.6 is 0 Å². The van der Waals surface area contributed by atoms with Gasteiger partial charge in [-0.25, -0.2) is 0 Å². The van der Waals surface area contributed by atoms with E-state index in [4.69, 9.17) is 0 Å². The zero-order valence-corrected chi connectivity index (χ0v) is 29.5. The Morgan fingerprint density at radius 2 is 0.800 bits per heavy atom. The molecule has 0 unspecified atom stereocenters. The van der Waals surface area contributed by atoms with Crippen molar-refractivity contribution in [3.63, 3.8) is 0 Å². The van der Waals surface area contributed by atoms with E-state index in [0.717, 1.165) is 61.0 Å². The van der Waals surface area contributed by atoms with Gasteiger partial charge in [0.05, 0.1) is 56.4 Å². The highest BCUT2D eigenvalue weighted by Gasteiger charge is 2.19. The van der Waals surface area contributed by atoms with Crippen molar-refractivity contribution in [2.24, 2.45) is 0 Å². The monoisotopic (exact) mass is 699 g/mol. The van der Waals surface area contributed by atoms with E-state index < -0.39 is 0 Å². The lowest BCUT2D eigenvalue weighted by molar-refractivity contribution is 1.15. The van der Waals surface area contributed by atoms with Crippen molar-refractivity contribution in [1.29, 1.82) is 10.5 Å². The van der Waals surface area contributed by atoms with Gasteiger partial charge in [-0.15, -0.1) is 0 Å². The number of aromatic nitrogens is 3. The Hall–Kier alpha value is -7.86. The lowest BCUT2D eigenvalue weighted by Gasteiger charge is -2.14. The maximum Gasteiger partial charge on any atom is 0.0998 e. The number of para-hydroxylation sites is 4. The van der Waals surface area contributed by atoms with E-state index in [0.29, 0.717) is 11.1 Å². The summed E-state index contributed by atoms with van der Waals surface area (Å²) in [4.78, 5) is 0. The number of hydrogen-bond donors (Lipinski definition) is 0. The second-order valence-corrected chi connectivity index (χ2v) is 14.0.